The lowest BCUT2D eigenvalue weighted by atomic mass is 10.1. The van der Waals surface area contributed by atoms with E-state index in [2.05, 4.69) is 50.6 Å². The second-order valence-corrected chi connectivity index (χ2v) is 6.09. The molecule has 0 aromatic carbocycles. The van der Waals surface area contributed by atoms with Crippen molar-refractivity contribution < 1.29 is 0 Å². The first-order chi connectivity index (χ1) is 9.52. The van der Waals surface area contributed by atoms with E-state index < -0.39 is 0 Å². The first kappa shape index (κ1) is 15.0. The summed E-state index contributed by atoms with van der Waals surface area (Å²) in [4.78, 5) is 7.25. The monoisotopic (exact) mass is 273 g/mol. The molecule has 2 rings (SSSR count). The second kappa shape index (κ2) is 6.40. The molecule has 20 heavy (non-hydrogen) atoms. The number of pyridine rings is 1. The molecule has 3 nitrogen and oxygen atoms in total. The fraction of sp³-hybridized carbons (Fsp3) is 0.588. The number of nitrogens with one attached hydrogen (secondary N) is 1. The summed E-state index contributed by atoms with van der Waals surface area (Å²) in [6.07, 6.45) is 4.54. The molecule has 0 aliphatic heterocycles. The third-order valence-electron chi connectivity index (χ3n) is 3.73. The molecule has 0 saturated heterocycles. The highest BCUT2D eigenvalue weighted by atomic mass is 15.2. The van der Waals surface area contributed by atoms with Gasteiger partial charge in [0.1, 0.15) is 5.82 Å². The van der Waals surface area contributed by atoms with Crippen molar-refractivity contribution in [3.8, 4) is 0 Å². The highest BCUT2D eigenvalue weighted by molar-refractivity contribution is 5.53. The molecule has 1 aromatic heterocycles. The van der Waals surface area contributed by atoms with Crippen molar-refractivity contribution >= 4 is 5.82 Å². The van der Waals surface area contributed by atoms with Crippen LogP contribution < -0.4 is 10.2 Å². The van der Waals surface area contributed by atoms with Crippen LogP contribution in [0.1, 0.15) is 43.5 Å². The van der Waals surface area contributed by atoms with Gasteiger partial charge in [-0.3, -0.25) is 0 Å². The van der Waals surface area contributed by atoms with Crippen molar-refractivity contribution in [3.05, 3.63) is 35.5 Å². The van der Waals surface area contributed by atoms with E-state index in [0.29, 0.717) is 12.1 Å². The second-order valence-electron chi connectivity index (χ2n) is 6.09. The minimum Gasteiger partial charge on any atom is -0.350 e. The molecule has 1 fully saturated rings. The minimum atomic E-state index is 0.484. The Kier molecular flexibility index (Phi) is 4.81. The van der Waals surface area contributed by atoms with Gasteiger partial charge < -0.3 is 10.2 Å². The summed E-state index contributed by atoms with van der Waals surface area (Å²) in [5.74, 6) is 1.15. The lowest BCUT2D eigenvalue weighted by Crippen LogP contribution is -2.30. The van der Waals surface area contributed by atoms with E-state index in [4.69, 9.17) is 4.98 Å². The number of aryl methyl sites for hydroxylation is 2. The van der Waals surface area contributed by atoms with Crippen molar-refractivity contribution in [3.63, 3.8) is 0 Å². The Balaban J connectivity index is 2.34. The Bertz CT molecular complexity index is 475. The molecule has 0 spiro atoms. The molecular weight excluding hydrogens is 246 g/mol. The highest BCUT2D eigenvalue weighted by Crippen LogP contribution is 2.33. The molecule has 1 aliphatic rings. The molecule has 0 bridgehead atoms. The molecule has 3 heteroatoms. The van der Waals surface area contributed by atoms with Gasteiger partial charge in [0.25, 0.3) is 0 Å². The van der Waals surface area contributed by atoms with Crippen molar-refractivity contribution in [2.45, 2.75) is 59.2 Å². The summed E-state index contributed by atoms with van der Waals surface area (Å²) >= 11 is 0. The summed E-state index contributed by atoms with van der Waals surface area (Å²) in [6, 6.07) is 3.32. The molecule has 1 heterocycles. The Labute approximate surface area is 123 Å². The smallest absolute Gasteiger partial charge is 0.134 e. The molecule has 1 aromatic rings. The summed E-state index contributed by atoms with van der Waals surface area (Å²) in [6.45, 7) is 14.3. The Morgan fingerprint density at radius 3 is 2.70 bits per heavy atom. The molecule has 0 radical (unpaired) electrons. The van der Waals surface area contributed by atoms with Crippen LogP contribution in [-0.4, -0.2) is 23.6 Å². The van der Waals surface area contributed by atoms with Gasteiger partial charge in [0.15, 0.2) is 0 Å². The van der Waals surface area contributed by atoms with E-state index in [0.717, 1.165) is 24.6 Å². The predicted octanol–water partition coefficient (Wildman–Crippen LogP) is 3.35. The fourth-order valence-corrected chi connectivity index (χ4v) is 2.54. The van der Waals surface area contributed by atoms with E-state index in [1.807, 2.05) is 6.08 Å². The Hall–Kier alpha value is -1.35. The van der Waals surface area contributed by atoms with Crippen LogP contribution in [0.25, 0.3) is 0 Å². The lowest BCUT2D eigenvalue weighted by Gasteiger charge is -2.26. The van der Waals surface area contributed by atoms with Gasteiger partial charge in [-0.2, -0.15) is 0 Å². The Morgan fingerprint density at radius 2 is 2.15 bits per heavy atom. The molecule has 0 atom stereocenters. The van der Waals surface area contributed by atoms with E-state index in [-0.39, 0.29) is 0 Å². The van der Waals surface area contributed by atoms with Crippen LogP contribution in [-0.2, 0) is 6.54 Å². The summed E-state index contributed by atoms with van der Waals surface area (Å²) in [7, 11) is 0. The quantitative estimate of drug-likeness (QED) is 0.772. The van der Waals surface area contributed by atoms with E-state index in [9.17, 15) is 0 Å². The number of hydrogen-bond donors (Lipinski definition) is 1. The van der Waals surface area contributed by atoms with E-state index in [1.165, 1.54) is 24.0 Å². The number of anilines is 1. The van der Waals surface area contributed by atoms with E-state index >= 15 is 0 Å². The van der Waals surface area contributed by atoms with Crippen molar-refractivity contribution in [2.75, 3.05) is 11.4 Å². The number of nitrogens with zero attached hydrogens (tertiary/aromatic N) is 2. The average Bonchev–Trinajstić information content (AvgIpc) is 3.18. The molecule has 0 amide bonds. The number of aromatic nitrogens is 1. The zero-order chi connectivity index (χ0) is 14.7. The van der Waals surface area contributed by atoms with Crippen LogP contribution in [0.3, 0.4) is 0 Å². The molecular formula is C17H27N3. The molecule has 1 aliphatic carbocycles. The van der Waals surface area contributed by atoms with Gasteiger partial charge in [-0.15, -0.1) is 6.58 Å². The van der Waals surface area contributed by atoms with Crippen LogP contribution in [0, 0.1) is 13.8 Å². The van der Waals surface area contributed by atoms with Gasteiger partial charge in [-0.25, -0.2) is 4.98 Å². The van der Waals surface area contributed by atoms with Crippen LogP contribution in [0.4, 0.5) is 5.82 Å². The predicted molar refractivity (Wildman–Crippen MR) is 86.3 cm³/mol. The largest absolute Gasteiger partial charge is 0.350 e. The number of rotatable bonds is 7. The molecule has 110 valence electrons. The van der Waals surface area contributed by atoms with Crippen LogP contribution in [0.5, 0.6) is 0 Å². The third kappa shape index (κ3) is 3.60. The SMILES string of the molecule is C=CCN(c1nc(C)cc(C)c1CNC(C)C)C1CC1. The summed E-state index contributed by atoms with van der Waals surface area (Å²) < 4.78 is 0. The van der Waals surface area contributed by atoms with Crippen molar-refractivity contribution in [1.29, 1.82) is 0 Å². The Morgan fingerprint density at radius 1 is 1.45 bits per heavy atom. The zero-order valence-corrected chi connectivity index (χ0v) is 13.2. The summed E-state index contributed by atoms with van der Waals surface area (Å²) in [5, 5.41) is 3.53. The van der Waals surface area contributed by atoms with E-state index in [1.54, 1.807) is 0 Å². The average molecular weight is 273 g/mol. The molecule has 1 N–H and O–H groups in total. The maximum Gasteiger partial charge on any atom is 0.134 e. The lowest BCUT2D eigenvalue weighted by molar-refractivity contribution is 0.585. The van der Waals surface area contributed by atoms with Gasteiger partial charge >= 0.3 is 0 Å². The minimum absolute atomic E-state index is 0.484. The molecule has 0 unspecified atom stereocenters. The maximum atomic E-state index is 4.83. The van der Waals surface area contributed by atoms with Gasteiger partial charge in [0.2, 0.25) is 0 Å². The summed E-state index contributed by atoms with van der Waals surface area (Å²) in [5.41, 5.74) is 3.76. The maximum absolute atomic E-state index is 4.83. The third-order valence-corrected chi connectivity index (χ3v) is 3.73. The standard InChI is InChI=1S/C17H27N3/c1-6-9-20(15-7-8-15)17-16(11-18-12(2)3)13(4)10-14(5)19-17/h6,10,12,15,18H,1,7-9,11H2,2-5H3. The van der Waals surface area contributed by atoms with Crippen LogP contribution in [0.15, 0.2) is 18.7 Å². The van der Waals surface area contributed by atoms with Gasteiger partial charge in [0.05, 0.1) is 0 Å². The highest BCUT2D eigenvalue weighted by Gasteiger charge is 2.31. The van der Waals surface area contributed by atoms with Crippen LogP contribution >= 0.6 is 0 Å². The van der Waals surface area contributed by atoms with Crippen LogP contribution in [0.2, 0.25) is 0 Å². The van der Waals surface area contributed by atoms with Gasteiger partial charge in [0, 0.05) is 36.4 Å². The number of hydrogen-bond acceptors (Lipinski definition) is 3. The van der Waals surface area contributed by atoms with Crippen molar-refractivity contribution in [2.24, 2.45) is 0 Å². The normalized spacial score (nSPS) is 14.7. The molecule has 1 saturated carbocycles. The van der Waals surface area contributed by atoms with Gasteiger partial charge in [-0.1, -0.05) is 19.9 Å². The topological polar surface area (TPSA) is 28.2 Å². The first-order valence-electron chi connectivity index (χ1n) is 7.61. The van der Waals surface area contributed by atoms with Crippen molar-refractivity contribution in [1.82, 2.24) is 10.3 Å². The first-order valence-corrected chi connectivity index (χ1v) is 7.61. The fourth-order valence-electron chi connectivity index (χ4n) is 2.54. The zero-order valence-electron chi connectivity index (χ0n) is 13.2. The van der Waals surface area contributed by atoms with Gasteiger partial charge in [-0.05, 0) is 38.3 Å².